The molecular formula is C22H18ClF2N3O3. The lowest BCUT2D eigenvalue weighted by atomic mass is 9.93. The molecule has 2 atom stereocenters. The van der Waals surface area contributed by atoms with Crippen molar-refractivity contribution in [1.82, 2.24) is 15.3 Å². The van der Waals surface area contributed by atoms with E-state index in [1.54, 1.807) is 30.3 Å². The lowest BCUT2D eigenvalue weighted by molar-refractivity contribution is 0.137. The van der Waals surface area contributed by atoms with Gasteiger partial charge in [-0.05, 0) is 17.7 Å². The zero-order valence-corrected chi connectivity index (χ0v) is 16.9. The van der Waals surface area contributed by atoms with Crippen LogP contribution in [0.1, 0.15) is 23.7 Å². The minimum absolute atomic E-state index is 0.0328. The maximum Gasteiger partial charge on any atom is 0.407 e. The fraction of sp³-hybridized carbons (Fsp3) is 0.182. The van der Waals surface area contributed by atoms with Crippen LogP contribution in [0.5, 0.6) is 0 Å². The molecule has 1 aliphatic carbocycles. The second-order valence-electron chi connectivity index (χ2n) is 7.05. The number of fused-ring (bicyclic) bond motifs is 1. The number of rotatable bonds is 5. The number of aliphatic hydroxyl groups excluding tert-OH is 1. The summed E-state index contributed by atoms with van der Waals surface area (Å²) < 4.78 is 34.6. The van der Waals surface area contributed by atoms with E-state index in [0.29, 0.717) is 16.1 Å². The highest BCUT2D eigenvalue weighted by atomic mass is 35.5. The van der Waals surface area contributed by atoms with Gasteiger partial charge in [0.05, 0.1) is 16.6 Å². The number of hydrogen-bond acceptors (Lipinski definition) is 4. The van der Waals surface area contributed by atoms with Gasteiger partial charge in [0.25, 0.3) is 0 Å². The average Bonchev–Trinajstić information content (AvgIpc) is 3.15. The van der Waals surface area contributed by atoms with Gasteiger partial charge in [-0.2, -0.15) is 0 Å². The maximum absolute atomic E-state index is 14.8. The predicted octanol–water partition coefficient (Wildman–Crippen LogP) is 5.03. The quantitative estimate of drug-likeness (QED) is 0.514. The Kier molecular flexibility index (Phi) is 6.01. The number of alkyl carbamates (subject to hydrolysis) is 1. The number of ether oxygens (including phenoxy) is 1. The molecule has 1 amide bonds. The number of aromatic amines is 1. The summed E-state index contributed by atoms with van der Waals surface area (Å²) in [7, 11) is 0. The summed E-state index contributed by atoms with van der Waals surface area (Å²) in [5, 5.41) is 13.9. The Balaban J connectivity index is 1.45. The molecular weight excluding hydrogens is 428 g/mol. The van der Waals surface area contributed by atoms with E-state index in [1.165, 1.54) is 12.4 Å². The maximum atomic E-state index is 14.8. The monoisotopic (exact) mass is 445 g/mol. The van der Waals surface area contributed by atoms with Gasteiger partial charge < -0.3 is 20.1 Å². The lowest BCUT2D eigenvalue weighted by Gasteiger charge is -2.23. The van der Waals surface area contributed by atoms with E-state index in [9.17, 15) is 18.7 Å². The van der Waals surface area contributed by atoms with E-state index in [4.69, 9.17) is 16.3 Å². The molecule has 2 aromatic heterocycles. The smallest absolute Gasteiger partial charge is 0.407 e. The van der Waals surface area contributed by atoms with Gasteiger partial charge in [0, 0.05) is 29.8 Å². The Morgan fingerprint density at radius 3 is 2.87 bits per heavy atom. The molecule has 4 rings (SSSR count). The summed E-state index contributed by atoms with van der Waals surface area (Å²) in [6.45, 7) is 0.0328. The molecule has 0 saturated carbocycles. The molecule has 0 fully saturated rings. The minimum Gasteiger partial charge on any atom is -0.445 e. The largest absolute Gasteiger partial charge is 0.445 e. The third kappa shape index (κ3) is 4.60. The Morgan fingerprint density at radius 1 is 1.35 bits per heavy atom. The predicted molar refractivity (Wildman–Crippen MR) is 112 cm³/mol. The zero-order valence-electron chi connectivity index (χ0n) is 16.1. The normalized spacial score (nSPS) is 17.4. The van der Waals surface area contributed by atoms with E-state index < -0.39 is 35.5 Å². The molecule has 0 bridgehead atoms. The first-order valence-electron chi connectivity index (χ1n) is 9.46. The highest BCUT2D eigenvalue weighted by molar-refractivity contribution is 6.31. The molecule has 3 aromatic rings. The number of pyridine rings is 1. The van der Waals surface area contributed by atoms with Crippen LogP contribution < -0.4 is 5.32 Å². The summed E-state index contributed by atoms with van der Waals surface area (Å²) in [6.07, 6.45) is 1.21. The average molecular weight is 446 g/mol. The van der Waals surface area contributed by atoms with Gasteiger partial charge in [-0.3, -0.25) is 0 Å². The van der Waals surface area contributed by atoms with Crippen molar-refractivity contribution in [3.8, 4) is 0 Å². The van der Waals surface area contributed by atoms with Crippen LogP contribution in [0.3, 0.4) is 0 Å². The Hall–Kier alpha value is -3.23. The van der Waals surface area contributed by atoms with Crippen LogP contribution in [0.15, 0.2) is 72.1 Å². The number of H-pyrrole nitrogens is 1. The summed E-state index contributed by atoms with van der Waals surface area (Å²) in [5.74, 6) is -1.83. The van der Waals surface area contributed by atoms with E-state index in [2.05, 4.69) is 15.3 Å². The second-order valence-corrected chi connectivity index (χ2v) is 7.48. The number of aromatic nitrogens is 2. The van der Waals surface area contributed by atoms with Gasteiger partial charge in [0.15, 0.2) is 0 Å². The Bertz CT molecular complexity index is 1180. The van der Waals surface area contributed by atoms with Crippen LogP contribution in [0.2, 0.25) is 5.02 Å². The van der Waals surface area contributed by atoms with E-state index in [0.717, 1.165) is 11.6 Å². The van der Waals surface area contributed by atoms with Gasteiger partial charge in [-0.1, -0.05) is 41.9 Å². The summed E-state index contributed by atoms with van der Waals surface area (Å²) >= 11 is 5.95. The molecule has 0 saturated heterocycles. The molecule has 0 aliphatic heterocycles. The number of hydrogen-bond donors (Lipinski definition) is 3. The minimum atomic E-state index is -1.57. The van der Waals surface area contributed by atoms with Crippen molar-refractivity contribution in [1.29, 1.82) is 0 Å². The molecule has 2 unspecified atom stereocenters. The van der Waals surface area contributed by atoms with Gasteiger partial charge >= 0.3 is 6.09 Å². The van der Waals surface area contributed by atoms with Crippen molar-refractivity contribution in [3.63, 3.8) is 0 Å². The number of halogens is 3. The molecule has 1 aromatic carbocycles. The number of carbonyl (C=O) groups excluding carboxylic acids is 1. The van der Waals surface area contributed by atoms with Gasteiger partial charge in [0.1, 0.15) is 30.0 Å². The molecule has 31 heavy (non-hydrogen) atoms. The van der Waals surface area contributed by atoms with E-state index in [1.807, 2.05) is 6.07 Å². The SMILES string of the molecule is O=C(NC1C=C(F)C(C(O)c2c[nH]c3ncc(Cl)cc23)=C(F)C1)OCc1ccccc1. The Morgan fingerprint density at radius 2 is 2.13 bits per heavy atom. The molecule has 1 aliphatic rings. The van der Waals surface area contributed by atoms with Gasteiger partial charge in [0.2, 0.25) is 0 Å². The summed E-state index contributed by atoms with van der Waals surface area (Å²) in [4.78, 5) is 18.9. The van der Waals surface area contributed by atoms with Crippen molar-refractivity contribution in [3.05, 3.63) is 88.2 Å². The lowest BCUT2D eigenvalue weighted by Crippen LogP contribution is -2.35. The summed E-state index contributed by atoms with van der Waals surface area (Å²) in [5.41, 5.74) is 0.970. The first-order chi connectivity index (χ1) is 14.9. The van der Waals surface area contributed by atoms with E-state index >= 15 is 0 Å². The number of nitrogens with zero attached hydrogens (tertiary/aromatic N) is 1. The fourth-order valence-corrected chi connectivity index (χ4v) is 3.58. The van der Waals surface area contributed by atoms with Crippen LogP contribution in [0.25, 0.3) is 11.0 Å². The molecule has 9 heteroatoms. The van der Waals surface area contributed by atoms with Crippen LogP contribution in [-0.4, -0.2) is 27.2 Å². The zero-order chi connectivity index (χ0) is 22.0. The molecule has 160 valence electrons. The first-order valence-corrected chi connectivity index (χ1v) is 9.84. The first kappa shape index (κ1) is 21.0. The number of benzene rings is 1. The Labute approximate surface area is 181 Å². The number of nitrogens with one attached hydrogen (secondary N) is 2. The van der Waals surface area contributed by atoms with Gasteiger partial charge in [-0.25, -0.2) is 18.6 Å². The van der Waals surface area contributed by atoms with Crippen molar-refractivity contribution in [2.45, 2.75) is 25.2 Å². The van der Waals surface area contributed by atoms with Gasteiger partial charge in [-0.15, -0.1) is 0 Å². The molecule has 0 spiro atoms. The van der Waals surface area contributed by atoms with Crippen LogP contribution in [-0.2, 0) is 11.3 Å². The van der Waals surface area contributed by atoms with Crippen LogP contribution in [0.4, 0.5) is 13.6 Å². The highest BCUT2D eigenvalue weighted by Crippen LogP contribution is 2.38. The number of carbonyl (C=O) groups is 1. The fourth-order valence-electron chi connectivity index (χ4n) is 3.43. The molecule has 2 heterocycles. The second kappa shape index (κ2) is 8.87. The van der Waals surface area contributed by atoms with Crippen molar-refractivity contribution in [2.24, 2.45) is 0 Å². The third-order valence-electron chi connectivity index (χ3n) is 4.91. The van der Waals surface area contributed by atoms with Crippen molar-refractivity contribution in [2.75, 3.05) is 0 Å². The topological polar surface area (TPSA) is 87.2 Å². The standard InChI is InChI=1S/C22H18ClF2N3O3/c23-13-6-15-16(10-27-21(15)26-9-13)20(29)19-17(24)7-14(8-18(19)25)28-22(30)31-11-12-4-2-1-3-5-12/h1-7,9-10,14,20,29H,8,11H2,(H,26,27)(H,28,30). The van der Waals surface area contributed by atoms with Crippen LogP contribution in [0, 0.1) is 0 Å². The van der Waals surface area contributed by atoms with Crippen molar-refractivity contribution < 1.29 is 23.4 Å². The van der Waals surface area contributed by atoms with Crippen molar-refractivity contribution >= 4 is 28.7 Å². The number of amides is 1. The number of aliphatic hydroxyl groups is 1. The summed E-state index contributed by atoms with van der Waals surface area (Å²) in [6, 6.07) is 9.63. The van der Waals surface area contributed by atoms with Crippen LogP contribution >= 0.6 is 11.6 Å². The molecule has 6 nitrogen and oxygen atoms in total. The third-order valence-corrected chi connectivity index (χ3v) is 5.12. The van der Waals surface area contributed by atoms with E-state index in [-0.39, 0.29) is 18.6 Å². The highest BCUT2D eigenvalue weighted by Gasteiger charge is 2.31. The molecule has 0 radical (unpaired) electrons. The molecule has 3 N–H and O–H groups in total.